The number of benzene rings is 3. The molecule has 0 amide bonds. The number of aryl methyl sites for hydroxylation is 3. The smallest absolute Gasteiger partial charge is 0.225 e. The molecule has 0 saturated heterocycles. The minimum atomic E-state index is 0.434. The number of nitrogens with zero attached hydrogens (tertiary/aromatic N) is 2. The van der Waals surface area contributed by atoms with Gasteiger partial charge >= 0.3 is 0 Å². The highest BCUT2D eigenvalue weighted by Crippen LogP contribution is 2.38. The molecule has 2 nitrogen and oxygen atoms in total. The third-order valence-electron chi connectivity index (χ3n) is 7.06. The molecule has 2 heteroatoms. The van der Waals surface area contributed by atoms with E-state index in [1.165, 1.54) is 55.9 Å². The van der Waals surface area contributed by atoms with Crippen molar-refractivity contribution >= 4 is 11.0 Å². The monoisotopic (exact) mass is 439 g/mol. The lowest BCUT2D eigenvalue weighted by Gasteiger charge is -2.19. The van der Waals surface area contributed by atoms with Gasteiger partial charge in [0, 0.05) is 11.1 Å². The Bertz CT molecular complexity index is 1290. The zero-order valence-electron chi connectivity index (χ0n) is 21.8. The summed E-state index contributed by atoms with van der Waals surface area (Å²) in [5.74, 6) is 2.64. The number of para-hydroxylation sites is 3. The molecule has 172 valence electrons. The zero-order chi connectivity index (χ0) is 24.0. The van der Waals surface area contributed by atoms with Crippen LogP contribution in [0.4, 0.5) is 0 Å². The van der Waals surface area contributed by atoms with E-state index in [1.807, 2.05) is 0 Å². The molecule has 0 radical (unpaired) electrons. The number of rotatable bonds is 5. The van der Waals surface area contributed by atoms with E-state index in [-0.39, 0.29) is 0 Å². The van der Waals surface area contributed by atoms with Crippen LogP contribution in [0.3, 0.4) is 0 Å². The standard InChI is InChI=1S/C31H39N2/c1-19(2)24-13-12-14-25(20(3)4)30(24)33-29-16-11-10-15-28(29)32(9)31(33)27-18-22(7)26(21(5)6)17-23(27)8/h10-21H,1-9H3/q+1. The Morgan fingerprint density at radius 2 is 1.24 bits per heavy atom. The van der Waals surface area contributed by atoms with Crippen LogP contribution in [0.5, 0.6) is 0 Å². The molecule has 0 bridgehead atoms. The predicted octanol–water partition coefficient (Wildman–Crippen LogP) is 8.11. The Balaban J connectivity index is 2.19. The van der Waals surface area contributed by atoms with Crippen molar-refractivity contribution in [2.45, 2.75) is 73.1 Å². The Morgan fingerprint density at radius 3 is 1.82 bits per heavy atom. The molecule has 0 aliphatic rings. The first-order valence-electron chi connectivity index (χ1n) is 12.4. The van der Waals surface area contributed by atoms with Crippen LogP contribution in [0, 0.1) is 13.8 Å². The van der Waals surface area contributed by atoms with Gasteiger partial charge in [-0.15, -0.1) is 0 Å². The van der Waals surface area contributed by atoms with Gasteiger partial charge in [-0.1, -0.05) is 77.9 Å². The topological polar surface area (TPSA) is 8.81 Å². The lowest BCUT2D eigenvalue weighted by Crippen LogP contribution is -2.30. The van der Waals surface area contributed by atoms with Crippen molar-refractivity contribution in [3.63, 3.8) is 0 Å². The summed E-state index contributed by atoms with van der Waals surface area (Å²) in [5, 5.41) is 0. The van der Waals surface area contributed by atoms with Crippen LogP contribution in [0.2, 0.25) is 0 Å². The van der Waals surface area contributed by atoms with Gasteiger partial charge in [0.05, 0.1) is 12.6 Å². The van der Waals surface area contributed by atoms with Crippen LogP contribution in [0.1, 0.15) is 87.1 Å². The van der Waals surface area contributed by atoms with Gasteiger partial charge in [0.2, 0.25) is 0 Å². The third kappa shape index (κ3) is 3.90. The average molecular weight is 440 g/mol. The van der Waals surface area contributed by atoms with Crippen molar-refractivity contribution in [1.29, 1.82) is 0 Å². The molecule has 0 N–H and O–H groups in total. The SMILES string of the molecule is Cc1cc(C(C)C)c(C)cc1-c1n(-c2c(C(C)C)cccc2C(C)C)c2ccccc2[n+]1C. The van der Waals surface area contributed by atoms with Crippen LogP contribution in [-0.2, 0) is 7.05 Å². The summed E-state index contributed by atoms with van der Waals surface area (Å²) in [6.45, 7) is 18.3. The van der Waals surface area contributed by atoms with Gasteiger partial charge in [-0.3, -0.25) is 0 Å². The lowest BCUT2D eigenvalue weighted by atomic mass is 9.91. The quantitative estimate of drug-likeness (QED) is 0.278. The first kappa shape index (κ1) is 23.3. The maximum absolute atomic E-state index is 2.54. The second-order valence-electron chi connectivity index (χ2n) is 10.5. The van der Waals surface area contributed by atoms with Crippen molar-refractivity contribution in [3.8, 4) is 17.1 Å². The molecule has 1 heterocycles. The van der Waals surface area contributed by atoms with Gasteiger partial charge in [-0.05, 0) is 66.5 Å². The average Bonchev–Trinajstić information content (AvgIpc) is 3.06. The number of aromatic nitrogens is 2. The molecular formula is C31H39N2+. The molecular weight excluding hydrogens is 400 g/mol. The Morgan fingerprint density at radius 1 is 0.667 bits per heavy atom. The van der Waals surface area contributed by atoms with Crippen molar-refractivity contribution in [2.24, 2.45) is 7.05 Å². The highest BCUT2D eigenvalue weighted by atomic mass is 15.2. The maximum atomic E-state index is 2.54. The molecule has 0 saturated carbocycles. The Kier molecular flexibility index (Phi) is 6.22. The minimum Gasteiger partial charge on any atom is -0.225 e. The van der Waals surface area contributed by atoms with Gasteiger partial charge in [-0.25, -0.2) is 4.57 Å². The summed E-state index contributed by atoms with van der Waals surface area (Å²) in [5.41, 5.74) is 12.1. The van der Waals surface area contributed by atoms with Crippen LogP contribution >= 0.6 is 0 Å². The second-order valence-corrected chi connectivity index (χ2v) is 10.5. The summed E-state index contributed by atoms with van der Waals surface area (Å²) < 4.78 is 4.92. The van der Waals surface area contributed by atoms with Crippen LogP contribution in [0.15, 0.2) is 54.6 Å². The number of hydrogen-bond acceptors (Lipinski definition) is 0. The second kappa shape index (κ2) is 8.82. The summed E-state index contributed by atoms with van der Waals surface area (Å²) in [7, 11) is 2.21. The van der Waals surface area contributed by atoms with Crippen molar-refractivity contribution in [1.82, 2.24) is 4.57 Å². The van der Waals surface area contributed by atoms with Gasteiger partial charge in [-0.2, -0.15) is 4.57 Å². The molecule has 3 aromatic carbocycles. The van der Waals surface area contributed by atoms with E-state index >= 15 is 0 Å². The fourth-order valence-corrected chi connectivity index (χ4v) is 5.31. The molecule has 0 atom stereocenters. The fourth-order valence-electron chi connectivity index (χ4n) is 5.31. The van der Waals surface area contributed by atoms with Gasteiger partial charge in [0.1, 0.15) is 5.69 Å². The van der Waals surface area contributed by atoms with E-state index in [1.54, 1.807) is 0 Å². The molecule has 4 rings (SSSR count). The van der Waals surface area contributed by atoms with Gasteiger partial charge < -0.3 is 0 Å². The third-order valence-corrected chi connectivity index (χ3v) is 7.06. The summed E-state index contributed by atoms with van der Waals surface area (Å²) in [6, 6.07) is 20.5. The Labute approximate surface area is 199 Å². The molecule has 0 aliphatic carbocycles. The molecule has 33 heavy (non-hydrogen) atoms. The lowest BCUT2D eigenvalue weighted by molar-refractivity contribution is -0.633. The maximum Gasteiger partial charge on any atom is 0.295 e. The van der Waals surface area contributed by atoms with Crippen molar-refractivity contribution in [3.05, 3.63) is 82.4 Å². The van der Waals surface area contributed by atoms with Crippen LogP contribution in [-0.4, -0.2) is 4.57 Å². The summed E-state index contributed by atoms with van der Waals surface area (Å²) in [6.07, 6.45) is 0. The zero-order valence-corrected chi connectivity index (χ0v) is 21.8. The van der Waals surface area contributed by atoms with E-state index in [2.05, 4.69) is 126 Å². The number of imidazole rings is 1. The highest BCUT2D eigenvalue weighted by Gasteiger charge is 2.31. The number of hydrogen-bond donors (Lipinski definition) is 0. The molecule has 0 fully saturated rings. The highest BCUT2D eigenvalue weighted by molar-refractivity contribution is 5.81. The fraction of sp³-hybridized carbons (Fsp3) is 0.387. The number of fused-ring (bicyclic) bond motifs is 1. The van der Waals surface area contributed by atoms with Crippen LogP contribution < -0.4 is 4.57 Å². The minimum absolute atomic E-state index is 0.434. The van der Waals surface area contributed by atoms with Gasteiger partial charge in [0.25, 0.3) is 5.82 Å². The first-order valence-corrected chi connectivity index (χ1v) is 12.4. The van der Waals surface area contributed by atoms with E-state index in [4.69, 9.17) is 0 Å². The van der Waals surface area contributed by atoms with Crippen LogP contribution in [0.25, 0.3) is 28.1 Å². The molecule has 0 aliphatic heterocycles. The van der Waals surface area contributed by atoms with Gasteiger partial charge in [0.15, 0.2) is 11.0 Å². The van der Waals surface area contributed by atoms with E-state index in [0.29, 0.717) is 17.8 Å². The first-order chi connectivity index (χ1) is 15.6. The largest absolute Gasteiger partial charge is 0.295 e. The molecule has 1 aromatic heterocycles. The Hall–Kier alpha value is -2.87. The van der Waals surface area contributed by atoms with Crippen molar-refractivity contribution in [2.75, 3.05) is 0 Å². The van der Waals surface area contributed by atoms with Crippen molar-refractivity contribution < 1.29 is 4.57 Å². The summed E-state index contributed by atoms with van der Waals surface area (Å²) >= 11 is 0. The normalized spacial score (nSPS) is 12.0. The summed E-state index contributed by atoms with van der Waals surface area (Å²) in [4.78, 5) is 0. The van der Waals surface area contributed by atoms with E-state index in [9.17, 15) is 0 Å². The predicted molar refractivity (Wildman–Crippen MR) is 142 cm³/mol. The van der Waals surface area contributed by atoms with E-state index < -0.39 is 0 Å². The molecule has 0 spiro atoms. The molecule has 0 unspecified atom stereocenters. The molecule has 4 aromatic rings. The van der Waals surface area contributed by atoms with E-state index in [0.717, 1.165) is 0 Å².